The molecule has 0 radical (unpaired) electrons. The van der Waals surface area contributed by atoms with Gasteiger partial charge in [0, 0.05) is 19.2 Å². The molecular formula is C19H24N6O3. The van der Waals surface area contributed by atoms with Crippen LogP contribution in [0.3, 0.4) is 0 Å². The van der Waals surface area contributed by atoms with Crippen molar-refractivity contribution in [1.29, 1.82) is 0 Å². The summed E-state index contributed by atoms with van der Waals surface area (Å²) in [6.45, 7) is 3.77. The molecule has 2 heterocycles. The maximum atomic E-state index is 12.0. The molecule has 0 bridgehead atoms. The SMILES string of the molecule is CCCNc1ncnc2c1cnn2CCNC(=O)COc1cccc(OC)c1. The van der Waals surface area contributed by atoms with Crippen LogP contribution in [0.4, 0.5) is 5.82 Å². The van der Waals surface area contributed by atoms with Crippen molar-refractivity contribution >= 4 is 22.8 Å². The predicted molar refractivity (Wildman–Crippen MR) is 106 cm³/mol. The van der Waals surface area contributed by atoms with E-state index in [-0.39, 0.29) is 12.5 Å². The second-order valence-corrected chi connectivity index (χ2v) is 6.07. The molecule has 0 unspecified atom stereocenters. The molecule has 0 saturated carbocycles. The largest absolute Gasteiger partial charge is 0.497 e. The first-order chi connectivity index (χ1) is 13.7. The summed E-state index contributed by atoms with van der Waals surface area (Å²) in [7, 11) is 1.58. The van der Waals surface area contributed by atoms with Crippen LogP contribution in [0.5, 0.6) is 11.5 Å². The molecule has 2 aromatic heterocycles. The fourth-order valence-corrected chi connectivity index (χ4v) is 2.63. The van der Waals surface area contributed by atoms with Crippen LogP contribution < -0.4 is 20.1 Å². The summed E-state index contributed by atoms with van der Waals surface area (Å²) in [5.41, 5.74) is 0.732. The van der Waals surface area contributed by atoms with Crippen molar-refractivity contribution in [2.24, 2.45) is 0 Å². The summed E-state index contributed by atoms with van der Waals surface area (Å²) < 4.78 is 12.4. The highest BCUT2D eigenvalue weighted by Gasteiger charge is 2.10. The number of nitrogens with zero attached hydrogens (tertiary/aromatic N) is 4. The van der Waals surface area contributed by atoms with Gasteiger partial charge in [-0.05, 0) is 18.6 Å². The molecule has 0 atom stereocenters. The average molecular weight is 384 g/mol. The first-order valence-corrected chi connectivity index (χ1v) is 9.15. The van der Waals surface area contributed by atoms with Crippen molar-refractivity contribution in [2.45, 2.75) is 19.9 Å². The Balaban J connectivity index is 1.50. The number of fused-ring (bicyclic) bond motifs is 1. The van der Waals surface area contributed by atoms with Crippen LogP contribution in [-0.4, -0.2) is 52.5 Å². The minimum atomic E-state index is -0.209. The molecule has 9 nitrogen and oxygen atoms in total. The topological polar surface area (TPSA) is 103 Å². The first kappa shape index (κ1) is 19.4. The highest BCUT2D eigenvalue weighted by Crippen LogP contribution is 2.19. The predicted octanol–water partition coefficient (Wildman–Crippen LogP) is 1.85. The van der Waals surface area contributed by atoms with Crippen LogP contribution in [0.25, 0.3) is 11.0 Å². The molecule has 0 aliphatic heterocycles. The lowest BCUT2D eigenvalue weighted by Gasteiger charge is -2.09. The zero-order valence-corrected chi connectivity index (χ0v) is 16.0. The third-order valence-corrected chi connectivity index (χ3v) is 4.03. The molecular weight excluding hydrogens is 360 g/mol. The number of amides is 1. The minimum Gasteiger partial charge on any atom is -0.497 e. The number of ether oxygens (including phenoxy) is 2. The van der Waals surface area contributed by atoms with E-state index in [1.54, 1.807) is 36.2 Å². The summed E-state index contributed by atoms with van der Waals surface area (Å²) in [4.78, 5) is 20.6. The Kier molecular flexibility index (Phi) is 6.61. The molecule has 2 N–H and O–H groups in total. The molecule has 28 heavy (non-hydrogen) atoms. The van der Waals surface area contributed by atoms with Gasteiger partial charge in [0.25, 0.3) is 5.91 Å². The van der Waals surface area contributed by atoms with Gasteiger partial charge in [-0.3, -0.25) is 4.79 Å². The summed E-state index contributed by atoms with van der Waals surface area (Å²) in [5.74, 6) is 1.82. The fraction of sp³-hybridized carbons (Fsp3) is 0.368. The van der Waals surface area contributed by atoms with E-state index in [0.29, 0.717) is 24.6 Å². The zero-order valence-electron chi connectivity index (χ0n) is 16.0. The molecule has 1 aromatic carbocycles. The van der Waals surface area contributed by atoms with Crippen molar-refractivity contribution in [2.75, 3.05) is 32.1 Å². The Morgan fingerprint density at radius 1 is 1.21 bits per heavy atom. The molecule has 0 spiro atoms. The number of methoxy groups -OCH3 is 1. The smallest absolute Gasteiger partial charge is 0.258 e. The summed E-state index contributed by atoms with van der Waals surface area (Å²) in [5, 5.41) is 11.3. The van der Waals surface area contributed by atoms with Crippen LogP contribution in [0.2, 0.25) is 0 Å². The van der Waals surface area contributed by atoms with Gasteiger partial charge >= 0.3 is 0 Å². The quantitative estimate of drug-likeness (QED) is 0.550. The first-order valence-electron chi connectivity index (χ1n) is 9.15. The molecule has 9 heteroatoms. The number of carbonyl (C=O) groups excluding carboxylic acids is 1. The average Bonchev–Trinajstić information content (AvgIpc) is 3.14. The van der Waals surface area contributed by atoms with E-state index < -0.39 is 0 Å². The van der Waals surface area contributed by atoms with Crippen molar-refractivity contribution < 1.29 is 14.3 Å². The van der Waals surface area contributed by atoms with E-state index >= 15 is 0 Å². The van der Waals surface area contributed by atoms with Crippen LogP contribution in [0, 0.1) is 0 Å². The van der Waals surface area contributed by atoms with Gasteiger partial charge in [-0.15, -0.1) is 0 Å². The van der Waals surface area contributed by atoms with Crippen molar-refractivity contribution in [3.63, 3.8) is 0 Å². The number of nitrogens with one attached hydrogen (secondary N) is 2. The van der Waals surface area contributed by atoms with Gasteiger partial charge in [-0.25, -0.2) is 14.6 Å². The molecule has 148 valence electrons. The lowest BCUT2D eigenvalue weighted by Crippen LogP contribution is -2.31. The summed E-state index contributed by atoms with van der Waals surface area (Å²) in [6, 6.07) is 7.12. The van der Waals surface area contributed by atoms with Crippen LogP contribution in [0.15, 0.2) is 36.8 Å². The van der Waals surface area contributed by atoms with E-state index in [4.69, 9.17) is 9.47 Å². The van der Waals surface area contributed by atoms with E-state index in [0.717, 1.165) is 29.8 Å². The number of hydrogen-bond acceptors (Lipinski definition) is 7. The number of hydrogen-bond donors (Lipinski definition) is 2. The Morgan fingerprint density at radius 3 is 2.89 bits per heavy atom. The van der Waals surface area contributed by atoms with Gasteiger partial charge in [0.15, 0.2) is 12.3 Å². The second-order valence-electron chi connectivity index (χ2n) is 6.07. The maximum Gasteiger partial charge on any atom is 0.258 e. The lowest BCUT2D eigenvalue weighted by molar-refractivity contribution is -0.123. The van der Waals surface area contributed by atoms with Gasteiger partial charge in [0.05, 0.1) is 25.2 Å². The standard InChI is InChI=1S/C19H24N6O3/c1-3-7-21-18-16-11-24-25(19(16)23-13-22-18)9-8-20-17(26)12-28-15-6-4-5-14(10-15)27-2/h4-6,10-11,13H,3,7-9,12H2,1-2H3,(H,20,26)(H,21,22,23). The van der Waals surface area contributed by atoms with Crippen molar-refractivity contribution in [3.8, 4) is 11.5 Å². The van der Waals surface area contributed by atoms with Gasteiger partial charge in [-0.1, -0.05) is 13.0 Å². The number of rotatable bonds is 10. The van der Waals surface area contributed by atoms with E-state index in [9.17, 15) is 4.79 Å². The molecule has 3 aromatic rings. The fourth-order valence-electron chi connectivity index (χ4n) is 2.63. The van der Waals surface area contributed by atoms with Crippen molar-refractivity contribution in [1.82, 2.24) is 25.1 Å². The summed E-state index contributed by atoms with van der Waals surface area (Å²) in [6.07, 6.45) is 4.25. The van der Waals surface area contributed by atoms with E-state index in [1.165, 1.54) is 6.33 Å². The second kappa shape index (κ2) is 9.54. The van der Waals surface area contributed by atoms with Crippen LogP contribution in [0.1, 0.15) is 13.3 Å². The lowest BCUT2D eigenvalue weighted by atomic mass is 10.3. The number of aromatic nitrogens is 4. The Morgan fingerprint density at radius 2 is 2.07 bits per heavy atom. The zero-order chi connectivity index (χ0) is 19.8. The van der Waals surface area contributed by atoms with Crippen LogP contribution in [-0.2, 0) is 11.3 Å². The van der Waals surface area contributed by atoms with E-state index in [2.05, 4.69) is 32.6 Å². The Hall–Kier alpha value is -3.36. The molecule has 3 rings (SSSR count). The summed E-state index contributed by atoms with van der Waals surface area (Å²) >= 11 is 0. The number of anilines is 1. The number of benzene rings is 1. The highest BCUT2D eigenvalue weighted by molar-refractivity contribution is 5.86. The Bertz CT molecular complexity index is 927. The normalized spacial score (nSPS) is 10.6. The van der Waals surface area contributed by atoms with Gasteiger partial charge in [-0.2, -0.15) is 5.10 Å². The molecule has 0 aliphatic carbocycles. The minimum absolute atomic E-state index is 0.0692. The number of carbonyl (C=O) groups is 1. The molecule has 1 amide bonds. The molecule has 0 aliphatic rings. The highest BCUT2D eigenvalue weighted by atomic mass is 16.5. The van der Waals surface area contributed by atoms with Gasteiger partial charge < -0.3 is 20.1 Å². The van der Waals surface area contributed by atoms with Gasteiger partial charge in [0.2, 0.25) is 0 Å². The molecule has 0 saturated heterocycles. The third-order valence-electron chi connectivity index (χ3n) is 4.03. The molecule has 0 fully saturated rings. The van der Waals surface area contributed by atoms with Crippen LogP contribution >= 0.6 is 0 Å². The van der Waals surface area contributed by atoms with Crippen molar-refractivity contribution in [3.05, 3.63) is 36.8 Å². The third kappa shape index (κ3) is 4.87. The Labute approximate surface area is 163 Å². The van der Waals surface area contributed by atoms with E-state index in [1.807, 2.05) is 6.07 Å². The monoisotopic (exact) mass is 384 g/mol. The van der Waals surface area contributed by atoms with Gasteiger partial charge in [0.1, 0.15) is 23.6 Å². The maximum absolute atomic E-state index is 12.0.